The number of hydrogen-bond donors (Lipinski definition) is 2. The van der Waals surface area contributed by atoms with Crippen LogP contribution in [0.5, 0.6) is 0 Å². The zero-order valence-electron chi connectivity index (χ0n) is 22.4. The number of unbranched alkanes of at least 4 members (excludes halogenated alkanes) is 4. The van der Waals surface area contributed by atoms with Gasteiger partial charge in [0.05, 0.1) is 35.8 Å². The van der Waals surface area contributed by atoms with Gasteiger partial charge < -0.3 is 20.1 Å². The molecule has 0 aromatic heterocycles. The van der Waals surface area contributed by atoms with Crippen molar-refractivity contribution in [2.75, 3.05) is 38.2 Å². The third-order valence-electron chi connectivity index (χ3n) is 7.85. The predicted molar refractivity (Wildman–Crippen MR) is 148 cm³/mol. The fourth-order valence-corrected chi connectivity index (χ4v) is 6.75. The van der Waals surface area contributed by atoms with Crippen molar-refractivity contribution in [2.24, 2.45) is 0 Å². The van der Waals surface area contributed by atoms with E-state index in [1.807, 2.05) is 24.3 Å². The Labute approximate surface area is 229 Å². The van der Waals surface area contributed by atoms with Gasteiger partial charge in [0.15, 0.2) is 0 Å². The molecule has 1 saturated heterocycles. The van der Waals surface area contributed by atoms with Crippen molar-refractivity contribution >= 4 is 23.1 Å². The Kier molecular flexibility index (Phi) is 10.4. The largest absolute Gasteiger partial charge is 0.416 e. The first-order valence-corrected chi connectivity index (χ1v) is 14.9. The number of anilines is 2. The molecule has 210 valence electrons. The zero-order chi connectivity index (χ0) is 27.0. The summed E-state index contributed by atoms with van der Waals surface area (Å²) in [6, 6.07) is 10.6. The maximum Gasteiger partial charge on any atom is 0.416 e. The lowest BCUT2D eigenvalue weighted by Crippen LogP contribution is -2.46. The SMILES string of the molecule is CCCCCCCC1(OCCO)CCN(CCCc2c(C(F)(F)F)ccc3c2Nc2ccccc2S3)CC1. The molecule has 8 heteroatoms. The molecule has 0 atom stereocenters. The van der Waals surface area contributed by atoms with Crippen LogP contribution in [-0.2, 0) is 17.3 Å². The second kappa shape index (κ2) is 13.6. The van der Waals surface area contributed by atoms with E-state index in [-0.39, 0.29) is 12.2 Å². The second-order valence-electron chi connectivity index (χ2n) is 10.6. The first kappa shape index (κ1) is 29.2. The minimum atomic E-state index is -4.39. The van der Waals surface area contributed by atoms with E-state index in [0.717, 1.165) is 60.8 Å². The minimum absolute atomic E-state index is 0.0288. The van der Waals surface area contributed by atoms with Gasteiger partial charge >= 0.3 is 6.18 Å². The molecule has 2 aromatic carbocycles. The Balaban J connectivity index is 1.36. The molecule has 2 aromatic rings. The number of aliphatic hydroxyl groups excluding tert-OH is 1. The summed E-state index contributed by atoms with van der Waals surface area (Å²) in [4.78, 5) is 4.23. The van der Waals surface area contributed by atoms with Crippen LogP contribution in [0.4, 0.5) is 24.5 Å². The number of halogens is 3. The van der Waals surface area contributed by atoms with Crippen LogP contribution in [-0.4, -0.2) is 48.5 Å². The topological polar surface area (TPSA) is 44.7 Å². The van der Waals surface area contributed by atoms with Crippen LogP contribution in [0.1, 0.15) is 75.8 Å². The normalized spacial score (nSPS) is 17.1. The van der Waals surface area contributed by atoms with Crippen molar-refractivity contribution in [1.29, 1.82) is 0 Å². The van der Waals surface area contributed by atoms with Gasteiger partial charge in [0.1, 0.15) is 0 Å². The maximum atomic E-state index is 14.0. The lowest BCUT2D eigenvalue weighted by Gasteiger charge is -2.42. The van der Waals surface area contributed by atoms with Crippen LogP contribution in [0, 0.1) is 0 Å². The Bertz CT molecular complexity index is 1040. The van der Waals surface area contributed by atoms with Crippen molar-refractivity contribution in [3.8, 4) is 0 Å². The van der Waals surface area contributed by atoms with E-state index in [4.69, 9.17) is 4.74 Å². The molecular weight excluding hydrogens is 509 g/mol. The quantitative estimate of drug-likeness (QED) is 0.211. The highest BCUT2D eigenvalue weighted by atomic mass is 32.2. The number of fused-ring (bicyclic) bond motifs is 2. The van der Waals surface area contributed by atoms with Crippen LogP contribution in [0.25, 0.3) is 0 Å². The molecule has 4 nitrogen and oxygen atoms in total. The molecule has 0 saturated carbocycles. The minimum Gasteiger partial charge on any atom is -0.394 e. The first-order valence-electron chi connectivity index (χ1n) is 14.1. The third-order valence-corrected chi connectivity index (χ3v) is 8.99. The molecule has 0 bridgehead atoms. The average molecular weight is 551 g/mol. The van der Waals surface area contributed by atoms with Gasteiger partial charge in [0.25, 0.3) is 0 Å². The van der Waals surface area contributed by atoms with Crippen molar-refractivity contribution in [2.45, 2.75) is 92.7 Å². The van der Waals surface area contributed by atoms with Gasteiger partial charge in [-0.1, -0.05) is 62.9 Å². The van der Waals surface area contributed by atoms with E-state index >= 15 is 0 Å². The Morgan fingerprint density at radius 1 is 1.00 bits per heavy atom. The van der Waals surface area contributed by atoms with Crippen LogP contribution >= 0.6 is 11.8 Å². The molecular formula is C30H41F3N2O2S. The Hall–Kier alpha value is -1.74. The molecule has 1 fully saturated rings. The van der Waals surface area contributed by atoms with E-state index in [2.05, 4.69) is 17.1 Å². The van der Waals surface area contributed by atoms with Gasteiger partial charge in [-0.3, -0.25) is 0 Å². The highest BCUT2D eigenvalue weighted by molar-refractivity contribution is 7.99. The van der Waals surface area contributed by atoms with Gasteiger partial charge in [-0.15, -0.1) is 0 Å². The number of ether oxygens (including phenoxy) is 1. The number of likely N-dealkylation sites (tertiary alicyclic amines) is 1. The lowest BCUT2D eigenvalue weighted by atomic mass is 9.85. The number of nitrogens with zero attached hydrogens (tertiary/aromatic N) is 1. The molecule has 2 aliphatic rings. The van der Waals surface area contributed by atoms with E-state index in [1.165, 1.54) is 43.5 Å². The molecule has 2 aliphatic heterocycles. The lowest BCUT2D eigenvalue weighted by molar-refractivity contribution is -0.138. The summed E-state index contributed by atoms with van der Waals surface area (Å²) < 4.78 is 48.1. The monoisotopic (exact) mass is 550 g/mol. The van der Waals surface area contributed by atoms with Gasteiger partial charge in [-0.2, -0.15) is 13.2 Å². The van der Waals surface area contributed by atoms with Crippen molar-refractivity contribution < 1.29 is 23.0 Å². The van der Waals surface area contributed by atoms with Crippen LogP contribution in [0.3, 0.4) is 0 Å². The summed E-state index contributed by atoms with van der Waals surface area (Å²) in [7, 11) is 0. The fourth-order valence-electron chi connectivity index (χ4n) is 5.73. The number of hydrogen-bond acceptors (Lipinski definition) is 5. The van der Waals surface area contributed by atoms with Gasteiger partial charge in [0.2, 0.25) is 0 Å². The number of para-hydroxylation sites is 1. The van der Waals surface area contributed by atoms with E-state index in [0.29, 0.717) is 30.7 Å². The standard InChI is InChI=1S/C30H41F3N2O2S/c1-2-3-4-5-8-15-29(37-22-21-36)16-19-35(20-17-29)18-9-10-23-24(30(31,32)33)13-14-27-28(23)34-25-11-6-7-12-26(25)38-27/h6-7,11-14,34,36H,2-5,8-10,15-22H2,1H3. The van der Waals surface area contributed by atoms with Crippen LogP contribution in [0.15, 0.2) is 46.2 Å². The number of benzene rings is 2. The molecule has 4 rings (SSSR count). The number of alkyl halides is 3. The highest BCUT2D eigenvalue weighted by Gasteiger charge is 2.37. The van der Waals surface area contributed by atoms with Crippen LogP contribution < -0.4 is 5.32 Å². The van der Waals surface area contributed by atoms with Gasteiger partial charge in [-0.05, 0) is 68.5 Å². The molecule has 0 radical (unpaired) electrons. The molecule has 0 unspecified atom stereocenters. The fraction of sp³-hybridized carbons (Fsp3) is 0.600. The summed E-state index contributed by atoms with van der Waals surface area (Å²) in [5.74, 6) is 0. The number of nitrogens with one attached hydrogen (secondary N) is 1. The molecule has 0 aliphatic carbocycles. The summed E-state index contributed by atoms with van der Waals surface area (Å²) in [6.45, 7) is 5.12. The maximum absolute atomic E-state index is 14.0. The summed E-state index contributed by atoms with van der Waals surface area (Å²) >= 11 is 1.52. The highest BCUT2D eigenvalue weighted by Crippen LogP contribution is 2.48. The Morgan fingerprint density at radius 2 is 1.76 bits per heavy atom. The van der Waals surface area contributed by atoms with Gasteiger partial charge in [-0.25, -0.2) is 0 Å². The average Bonchev–Trinajstić information content (AvgIpc) is 2.91. The summed E-state index contributed by atoms with van der Waals surface area (Å²) in [5.41, 5.74) is 1.10. The second-order valence-corrected chi connectivity index (χ2v) is 11.6. The zero-order valence-corrected chi connectivity index (χ0v) is 23.2. The van der Waals surface area contributed by atoms with E-state index in [9.17, 15) is 18.3 Å². The summed E-state index contributed by atoms with van der Waals surface area (Å²) in [6.07, 6.45) is 5.55. The third kappa shape index (κ3) is 7.46. The number of aliphatic hydroxyl groups is 1. The molecule has 38 heavy (non-hydrogen) atoms. The van der Waals surface area contributed by atoms with Crippen molar-refractivity contribution in [3.05, 3.63) is 47.5 Å². The van der Waals surface area contributed by atoms with Crippen LogP contribution in [0.2, 0.25) is 0 Å². The smallest absolute Gasteiger partial charge is 0.394 e. The predicted octanol–water partition coefficient (Wildman–Crippen LogP) is 8.05. The van der Waals surface area contributed by atoms with E-state index < -0.39 is 11.7 Å². The number of rotatable bonds is 13. The molecule has 0 spiro atoms. The Morgan fingerprint density at radius 3 is 2.50 bits per heavy atom. The van der Waals surface area contributed by atoms with Crippen molar-refractivity contribution in [3.63, 3.8) is 0 Å². The molecule has 0 amide bonds. The van der Waals surface area contributed by atoms with Crippen molar-refractivity contribution in [1.82, 2.24) is 4.90 Å². The first-order chi connectivity index (χ1) is 18.3. The molecule has 2 N–H and O–H groups in total. The summed E-state index contributed by atoms with van der Waals surface area (Å²) in [5, 5.41) is 12.6. The number of piperidine rings is 1. The van der Waals surface area contributed by atoms with E-state index in [1.54, 1.807) is 6.07 Å². The molecule has 2 heterocycles. The van der Waals surface area contributed by atoms with Gasteiger partial charge in [0, 0.05) is 22.9 Å².